The van der Waals surface area contributed by atoms with E-state index in [0.717, 1.165) is 51.2 Å². The molecular weight excluding hydrogens is 674 g/mol. The van der Waals surface area contributed by atoms with Crippen LogP contribution in [0, 0.1) is 0 Å². The minimum Gasteiger partial charge on any atom is -0.397 e. The minimum atomic E-state index is -0.692. The van der Waals surface area contributed by atoms with E-state index in [1.165, 1.54) is 5.56 Å². The summed E-state index contributed by atoms with van der Waals surface area (Å²) in [6.45, 7) is 2.52. The molecule has 6 rings (SSSR count). The number of piperidine rings is 2. The summed E-state index contributed by atoms with van der Waals surface area (Å²) in [5.74, 6) is 0.350. The number of aromatic nitrogens is 3. The van der Waals surface area contributed by atoms with E-state index < -0.39 is 6.04 Å². The molecule has 2 aliphatic rings. The summed E-state index contributed by atoms with van der Waals surface area (Å²) in [5.41, 5.74) is 11.0. The van der Waals surface area contributed by atoms with Crippen molar-refractivity contribution >= 4 is 60.5 Å². The number of benzene rings is 2. The first kappa shape index (κ1) is 29.6. The van der Waals surface area contributed by atoms with Crippen LogP contribution in [0.25, 0.3) is 11.0 Å². The molecule has 1 atom stereocenters. The number of hydrogen-bond donors (Lipinski definition) is 2. The molecule has 9 nitrogen and oxygen atoms in total. The average Bonchev–Trinajstić information content (AvgIpc) is 3.48. The summed E-state index contributed by atoms with van der Waals surface area (Å²) in [6.07, 6.45) is 9.32. The number of urea groups is 1. The van der Waals surface area contributed by atoms with Crippen LogP contribution in [-0.4, -0.2) is 68.5 Å². The van der Waals surface area contributed by atoms with Crippen LogP contribution in [0.5, 0.6) is 0 Å². The Bertz CT molecular complexity index is 1570. The maximum atomic E-state index is 14.0. The number of nitrogen functional groups attached to an aromatic ring is 1. The molecule has 2 saturated heterocycles. The first-order valence-corrected chi connectivity index (χ1v) is 16.3. The first-order valence-electron chi connectivity index (χ1n) is 14.8. The molecule has 11 heteroatoms. The Kier molecular flexibility index (Phi) is 8.99. The van der Waals surface area contributed by atoms with Crippen molar-refractivity contribution in [2.24, 2.45) is 0 Å². The second-order valence-electron chi connectivity index (χ2n) is 11.4. The van der Waals surface area contributed by atoms with Gasteiger partial charge in [-0.1, -0.05) is 12.1 Å². The third-order valence-corrected chi connectivity index (χ3v) is 10.1. The Hall–Kier alpha value is -3.44. The smallest absolute Gasteiger partial charge is 0.318 e. The van der Waals surface area contributed by atoms with Gasteiger partial charge in [-0.25, -0.2) is 9.78 Å². The van der Waals surface area contributed by atoms with Crippen LogP contribution in [0.1, 0.15) is 48.8 Å². The highest BCUT2D eigenvalue weighted by atomic mass is 79.9. The van der Waals surface area contributed by atoms with Crippen LogP contribution < -0.4 is 11.1 Å². The number of carbonyl (C=O) groups excluding carboxylic acids is 2. The van der Waals surface area contributed by atoms with Crippen LogP contribution in [0.15, 0.2) is 76.2 Å². The van der Waals surface area contributed by atoms with Gasteiger partial charge in [0.1, 0.15) is 6.04 Å². The maximum absolute atomic E-state index is 14.0. The van der Waals surface area contributed by atoms with E-state index in [9.17, 15) is 9.59 Å². The quantitative estimate of drug-likeness (QED) is 0.243. The van der Waals surface area contributed by atoms with E-state index in [-0.39, 0.29) is 18.0 Å². The normalized spacial score (nSPS) is 17.3. The fraction of sp³-hybridized carbons (Fsp3) is 0.375. The fourth-order valence-corrected chi connectivity index (χ4v) is 7.62. The monoisotopic (exact) mass is 707 g/mol. The predicted molar refractivity (Wildman–Crippen MR) is 175 cm³/mol. The SMILES string of the molecule is Nc1c(Br)cc(C[C@@H](NC(=O)N2CCC(n3cnc4ccccc43)CC2)C(=O)N2CCC(c3ccncc3)CC2)cc1Br. The van der Waals surface area contributed by atoms with E-state index in [4.69, 9.17) is 5.73 Å². The topological polar surface area (TPSA) is 109 Å². The number of amides is 3. The zero-order valence-electron chi connectivity index (χ0n) is 23.8. The van der Waals surface area contributed by atoms with Gasteiger partial charge >= 0.3 is 6.03 Å². The van der Waals surface area contributed by atoms with Crippen molar-refractivity contribution in [3.63, 3.8) is 0 Å². The molecule has 3 N–H and O–H groups in total. The zero-order chi connectivity index (χ0) is 29.9. The zero-order valence-corrected chi connectivity index (χ0v) is 27.0. The highest BCUT2D eigenvalue weighted by Crippen LogP contribution is 2.32. The van der Waals surface area contributed by atoms with Crippen LogP contribution in [-0.2, 0) is 11.2 Å². The Morgan fingerprint density at radius 2 is 1.58 bits per heavy atom. The molecule has 2 aromatic carbocycles. The lowest BCUT2D eigenvalue weighted by molar-refractivity contribution is -0.134. The van der Waals surface area contributed by atoms with E-state index >= 15 is 0 Å². The molecule has 4 aromatic rings. The van der Waals surface area contributed by atoms with Crippen molar-refractivity contribution in [3.8, 4) is 0 Å². The largest absolute Gasteiger partial charge is 0.397 e. The number of pyridine rings is 1. The molecule has 2 aromatic heterocycles. The average molecular weight is 709 g/mol. The highest BCUT2D eigenvalue weighted by molar-refractivity contribution is 9.11. The van der Waals surface area contributed by atoms with Gasteiger partial charge in [0.15, 0.2) is 0 Å². The summed E-state index contributed by atoms with van der Waals surface area (Å²) in [4.78, 5) is 40.0. The van der Waals surface area contributed by atoms with E-state index in [1.54, 1.807) is 0 Å². The van der Waals surface area contributed by atoms with Crippen molar-refractivity contribution in [2.75, 3.05) is 31.9 Å². The lowest BCUT2D eigenvalue weighted by Crippen LogP contribution is -2.55. The van der Waals surface area contributed by atoms with Gasteiger partial charge in [0.25, 0.3) is 0 Å². The molecule has 0 saturated carbocycles. The number of nitrogens with zero attached hydrogens (tertiary/aromatic N) is 5. The Morgan fingerprint density at radius 1 is 0.930 bits per heavy atom. The van der Waals surface area contributed by atoms with Crippen LogP contribution in [0.4, 0.5) is 10.5 Å². The summed E-state index contributed by atoms with van der Waals surface area (Å²) < 4.78 is 3.73. The van der Waals surface area contributed by atoms with Crippen LogP contribution >= 0.6 is 31.9 Å². The summed E-state index contributed by atoms with van der Waals surface area (Å²) in [7, 11) is 0. The second kappa shape index (κ2) is 13.1. The number of nitrogens with one attached hydrogen (secondary N) is 1. The number of halogens is 2. The lowest BCUT2D eigenvalue weighted by Gasteiger charge is -2.36. The predicted octanol–water partition coefficient (Wildman–Crippen LogP) is 5.90. The number of carbonyl (C=O) groups is 2. The van der Waals surface area contributed by atoms with E-state index in [0.29, 0.717) is 44.2 Å². The molecule has 0 radical (unpaired) electrons. The van der Waals surface area contributed by atoms with Gasteiger partial charge in [-0.3, -0.25) is 9.78 Å². The minimum absolute atomic E-state index is 0.0506. The van der Waals surface area contributed by atoms with Gasteiger partial charge in [0.2, 0.25) is 5.91 Å². The summed E-state index contributed by atoms with van der Waals surface area (Å²) in [6, 6.07) is 15.5. The van der Waals surface area contributed by atoms with Crippen LogP contribution in [0.2, 0.25) is 0 Å². The maximum Gasteiger partial charge on any atom is 0.318 e. The molecule has 2 aliphatic heterocycles. The van der Waals surface area contributed by atoms with Crippen molar-refractivity contribution < 1.29 is 9.59 Å². The molecule has 0 spiro atoms. The molecule has 0 bridgehead atoms. The highest BCUT2D eigenvalue weighted by Gasteiger charge is 2.32. The number of hydrogen-bond acceptors (Lipinski definition) is 5. The molecule has 2 fully saturated rings. The Morgan fingerprint density at radius 3 is 2.28 bits per heavy atom. The number of fused-ring (bicyclic) bond motifs is 1. The van der Waals surface area contributed by atoms with E-state index in [1.807, 2.05) is 58.9 Å². The standard InChI is InChI=1S/C32H35Br2N7O2/c33-25-17-21(18-26(34)30(25)35)19-28(31(42)39-13-7-23(8-14-39)22-5-11-36-12-6-22)38-32(43)40-15-9-24(10-16-40)41-20-37-27-3-1-2-4-29(27)41/h1-6,11-12,17-18,20,23-24,28H,7-10,13-16,19,35H2,(H,38,43)/t28-/m1/s1. The van der Waals surface area contributed by atoms with Gasteiger partial charge in [-0.15, -0.1) is 0 Å². The molecule has 224 valence electrons. The number of nitrogens with two attached hydrogens (primary N) is 1. The molecule has 43 heavy (non-hydrogen) atoms. The lowest BCUT2D eigenvalue weighted by atomic mass is 9.89. The van der Waals surface area contributed by atoms with Gasteiger partial charge in [0, 0.05) is 60.0 Å². The molecule has 0 unspecified atom stereocenters. The molecule has 4 heterocycles. The fourth-order valence-electron chi connectivity index (χ4n) is 6.34. The number of para-hydroxylation sites is 2. The van der Waals surface area contributed by atoms with Crippen molar-refractivity contribution in [1.82, 2.24) is 29.7 Å². The third kappa shape index (κ3) is 6.57. The molecular formula is C32H35Br2N7O2. The summed E-state index contributed by atoms with van der Waals surface area (Å²) >= 11 is 7.05. The van der Waals surface area contributed by atoms with Crippen molar-refractivity contribution in [2.45, 2.75) is 50.1 Å². The van der Waals surface area contributed by atoms with Gasteiger partial charge in [-0.2, -0.15) is 0 Å². The Labute approximate surface area is 268 Å². The molecule has 0 aliphatic carbocycles. The number of anilines is 1. The second-order valence-corrected chi connectivity index (χ2v) is 13.1. The third-order valence-electron chi connectivity index (χ3n) is 8.78. The van der Waals surface area contributed by atoms with Crippen LogP contribution in [0.3, 0.4) is 0 Å². The molecule has 3 amide bonds. The van der Waals surface area contributed by atoms with Gasteiger partial charge in [0.05, 0.1) is 23.0 Å². The number of imidazole rings is 1. The first-order chi connectivity index (χ1) is 20.9. The summed E-state index contributed by atoms with van der Waals surface area (Å²) in [5, 5.41) is 3.11. The number of likely N-dealkylation sites (tertiary alicyclic amines) is 2. The van der Waals surface area contributed by atoms with Crippen molar-refractivity contribution in [1.29, 1.82) is 0 Å². The van der Waals surface area contributed by atoms with E-state index in [2.05, 4.69) is 69.9 Å². The van der Waals surface area contributed by atoms with Gasteiger partial charge < -0.3 is 25.4 Å². The van der Waals surface area contributed by atoms with Crippen molar-refractivity contribution in [3.05, 3.63) is 87.3 Å². The Balaban J connectivity index is 1.13. The number of rotatable bonds is 6. The van der Waals surface area contributed by atoms with Gasteiger partial charge in [-0.05, 0) is 111 Å².